The second kappa shape index (κ2) is 10.9. The molecule has 0 saturated carbocycles. The number of fused-ring (bicyclic) bond motifs is 1. The molecule has 4 N–H and O–H groups in total. The predicted octanol–water partition coefficient (Wildman–Crippen LogP) is 1.84. The molecule has 1 aliphatic heterocycles. The number of nitro groups is 1. The SMILES string of the molecule is N=C(N)N1CCOC(CNC(=O)[C@@H](Cc2ccc([N+](=O)[O-])cc2)S(=O)(=O)c2ccc3ccccc3c2)C1. The van der Waals surface area contributed by atoms with Gasteiger partial charge >= 0.3 is 0 Å². The minimum absolute atomic E-state index is 0.00457. The van der Waals surface area contributed by atoms with Gasteiger partial charge in [-0.05, 0) is 34.9 Å². The number of carbonyl (C=O) groups excluding carboxylic acids is 1. The average Bonchev–Trinajstić information content (AvgIpc) is 2.90. The van der Waals surface area contributed by atoms with Gasteiger partial charge in [0.2, 0.25) is 5.91 Å². The molecule has 194 valence electrons. The van der Waals surface area contributed by atoms with Gasteiger partial charge in [-0.15, -0.1) is 0 Å². The summed E-state index contributed by atoms with van der Waals surface area (Å²) in [6.45, 7) is 1.10. The molecule has 1 aliphatic rings. The van der Waals surface area contributed by atoms with Crippen molar-refractivity contribution in [3.8, 4) is 0 Å². The maximum atomic E-state index is 13.7. The molecule has 0 radical (unpaired) electrons. The number of morpholine rings is 1. The van der Waals surface area contributed by atoms with Crippen LogP contribution in [0.1, 0.15) is 5.56 Å². The van der Waals surface area contributed by atoms with E-state index in [0.717, 1.165) is 10.8 Å². The fourth-order valence-electron chi connectivity index (χ4n) is 4.21. The van der Waals surface area contributed by atoms with Gasteiger partial charge in [0.25, 0.3) is 5.69 Å². The zero-order valence-corrected chi connectivity index (χ0v) is 20.7. The number of sulfone groups is 1. The Bertz CT molecular complexity index is 1430. The number of rotatable bonds is 8. The molecule has 11 nitrogen and oxygen atoms in total. The molecule has 0 aliphatic carbocycles. The first kappa shape index (κ1) is 26.0. The van der Waals surface area contributed by atoms with Gasteiger partial charge in [-0.3, -0.25) is 20.3 Å². The number of nitrogens with zero attached hydrogens (tertiary/aromatic N) is 2. The minimum atomic E-state index is -4.14. The zero-order valence-electron chi connectivity index (χ0n) is 19.9. The Hall–Kier alpha value is -4.03. The number of hydrogen-bond acceptors (Lipinski definition) is 7. The van der Waals surface area contributed by atoms with Gasteiger partial charge in [-0.2, -0.15) is 0 Å². The summed E-state index contributed by atoms with van der Waals surface area (Å²) in [6, 6.07) is 17.5. The van der Waals surface area contributed by atoms with Crippen LogP contribution < -0.4 is 11.1 Å². The summed E-state index contributed by atoms with van der Waals surface area (Å²) in [5.41, 5.74) is 5.89. The van der Waals surface area contributed by atoms with Gasteiger partial charge in [0, 0.05) is 31.8 Å². The molecule has 0 spiro atoms. The summed E-state index contributed by atoms with van der Waals surface area (Å²) in [4.78, 5) is 25.4. The van der Waals surface area contributed by atoms with Crippen molar-refractivity contribution >= 4 is 38.2 Å². The quantitative estimate of drug-likeness (QED) is 0.173. The average molecular weight is 526 g/mol. The van der Waals surface area contributed by atoms with Crippen LogP contribution in [0.3, 0.4) is 0 Å². The number of benzene rings is 3. The van der Waals surface area contributed by atoms with Crippen LogP contribution in [0, 0.1) is 15.5 Å². The van der Waals surface area contributed by atoms with Crippen LogP contribution in [-0.4, -0.2) is 67.7 Å². The van der Waals surface area contributed by atoms with Crippen molar-refractivity contribution < 1.29 is 22.9 Å². The highest BCUT2D eigenvalue weighted by Gasteiger charge is 2.35. The first-order valence-electron chi connectivity index (χ1n) is 11.6. The summed E-state index contributed by atoms with van der Waals surface area (Å²) in [5, 5.41) is 21.4. The molecule has 12 heteroatoms. The van der Waals surface area contributed by atoms with Crippen molar-refractivity contribution in [2.75, 3.05) is 26.2 Å². The van der Waals surface area contributed by atoms with Crippen LogP contribution in [0.5, 0.6) is 0 Å². The Morgan fingerprint density at radius 3 is 2.54 bits per heavy atom. The lowest BCUT2D eigenvalue weighted by molar-refractivity contribution is -0.384. The monoisotopic (exact) mass is 525 g/mol. The van der Waals surface area contributed by atoms with Crippen LogP contribution in [0.15, 0.2) is 71.6 Å². The maximum Gasteiger partial charge on any atom is 0.269 e. The van der Waals surface area contributed by atoms with E-state index in [1.54, 1.807) is 23.1 Å². The molecule has 0 bridgehead atoms. The Kier molecular flexibility index (Phi) is 7.69. The van der Waals surface area contributed by atoms with Crippen LogP contribution in [0.25, 0.3) is 10.8 Å². The van der Waals surface area contributed by atoms with Crippen LogP contribution >= 0.6 is 0 Å². The van der Waals surface area contributed by atoms with Crippen molar-refractivity contribution in [1.82, 2.24) is 10.2 Å². The third-order valence-electron chi connectivity index (χ3n) is 6.27. The maximum absolute atomic E-state index is 13.7. The lowest BCUT2D eigenvalue weighted by Gasteiger charge is -2.33. The van der Waals surface area contributed by atoms with E-state index in [2.05, 4.69) is 5.32 Å². The number of nitrogens with one attached hydrogen (secondary N) is 2. The third-order valence-corrected chi connectivity index (χ3v) is 8.31. The van der Waals surface area contributed by atoms with Gasteiger partial charge < -0.3 is 20.7 Å². The first-order chi connectivity index (χ1) is 17.6. The van der Waals surface area contributed by atoms with E-state index in [4.69, 9.17) is 15.9 Å². The summed E-state index contributed by atoms with van der Waals surface area (Å²) in [6.07, 6.45) is -0.644. The van der Waals surface area contributed by atoms with Gasteiger partial charge in [0.1, 0.15) is 5.25 Å². The Morgan fingerprint density at radius 1 is 1.16 bits per heavy atom. The predicted molar refractivity (Wildman–Crippen MR) is 138 cm³/mol. The molecule has 37 heavy (non-hydrogen) atoms. The lowest BCUT2D eigenvalue weighted by atomic mass is 10.1. The number of nitro benzene ring substituents is 1. The van der Waals surface area contributed by atoms with Gasteiger partial charge in [0.15, 0.2) is 15.8 Å². The fourth-order valence-corrected chi connectivity index (χ4v) is 5.86. The second-order valence-electron chi connectivity index (χ2n) is 8.74. The van der Waals surface area contributed by atoms with Crippen molar-refractivity contribution in [1.29, 1.82) is 5.41 Å². The van der Waals surface area contributed by atoms with E-state index < -0.39 is 32.0 Å². The minimum Gasteiger partial charge on any atom is -0.373 e. The zero-order chi connectivity index (χ0) is 26.6. The van der Waals surface area contributed by atoms with E-state index in [0.29, 0.717) is 25.3 Å². The summed E-state index contributed by atoms with van der Waals surface area (Å²) >= 11 is 0. The summed E-state index contributed by atoms with van der Waals surface area (Å²) in [5.74, 6) is -0.815. The first-order valence-corrected chi connectivity index (χ1v) is 13.1. The topological polar surface area (TPSA) is 169 Å². The molecule has 1 saturated heterocycles. The number of amides is 1. The molecule has 1 unspecified atom stereocenters. The van der Waals surface area contributed by atoms with E-state index in [-0.39, 0.29) is 29.5 Å². The smallest absolute Gasteiger partial charge is 0.269 e. The molecule has 1 amide bonds. The molecule has 0 aromatic heterocycles. The second-order valence-corrected chi connectivity index (χ2v) is 10.9. The fraction of sp³-hybridized carbons (Fsp3) is 0.280. The normalized spacial score (nSPS) is 16.8. The standard InChI is InChI=1S/C25H27N5O6S/c26-25(27)29-11-12-36-21(16-29)15-28-24(31)23(13-17-5-8-20(9-6-17)30(32)33)37(34,35)22-10-7-18-3-1-2-4-19(18)14-22/h1-10,14,21,23H,11-13,15-16H2,(H3,26,27)(H,28,31)/t21?,23-/m1/s1. The highest BCUT2D eigenvalue weighted by atomic mass is 32.2. The van der Waals surface area contributed by atoms with Crippen molar-refractivity contribution in [2.45, 2.75) is 22.7 Å². The van der Waals surface area contributed by atoms with Crippen molar-refractivity contribution in [3.05, 3.63) is 82.4 Å². The largest absolute Gasteiger partial charge is 0.373 e. The van der Waals surface area contributed by atoms with Crippen LogP contribution in [-0.2, 0) is 25.8 Å². The van der Waals surface area contributed by atoms with Gasteiger partial charge in [-0.1, -0.05) is 42.5 Å². The van der Waals surface area contributed by atoms with E-state index in [1.165, 1.54) is 36.4 Å². The van der Waals surface area contributed by atoms with E-state index in [1.807, 2.05) is 12.1 Å². The molecule has 3 aromatic carbocycles. The summed E-state index contributed by atoms with van der Waals surface area (Å²) < 4.78 is 33.1. The number of guanidine groups is 1. The summed E-state index contributed by atoms with van der Waals surface area (Å²) in [7, 11) is -4.14. The van der Waals surface area contributed by atoms with E-state index in [9.17, 15) is 23.3 Å². The number of nitrogens with two attached hydrogens (primary N) is 1. The molecule has 2 atom stereocenters. The van der Waals surface area contributed by atoms with Gasteiger partial charge in [0.05, 0.1) is 22.5 Å². The lowest BCUT2D eigenvalue weighted by Crippen LogP contribution is -2.52. The van der Waals surface area contributed by atoms with Crippen molar-refractivity contribution in [3.63, 3.8) is 0 Å². The number of ether oxygens (including phenoxy) is 1. The van der Waals surface area contributed by atoms with Crippen molar-refractivity contribution in [2.24, 2.45) is 5.73 Å². The highest BCUT2D eigenvalue weighted by Crippen LogP contribution is 2.25. The molecule has 1 fully saturated rings. The molecular weight excluding hydrogens is 498 g/mol. The highest BCUT2D eigenvalue weighted by molar-refractivity contribution is 7.92. The number of non-ortho nitro benzene ring substituents is 1. The number of hydrogen-bond donors (Lipinski definition) is 3. The van der Waals surface area contributed by atoms with E-state index >= 15 is 0 Å². The Balaban J connectivity index is 1.60. The Morgan fingerprint density at radius 2 is 1.86 bits per heavy atom. The molecule has 4 rings (SSSR count). The van der Waals surface area contributed by atoms with Crippen LogP contribution in [0.2, 0.25) is 0 Å². The Labute approximate surface area is 213 Å². The molecular formula is C25H27N5O6S. The number of carbonyl (C=O) groups is 1. The van der Waals surface area contributed by atoms with Crippen LogP contribution in [0.4, 0.5) is 5.69 Å². The van der Waals surface area contributed by atoms with Gasteiger partial charge in [-0.25, -0.2) is 8.42 Å². The molecule has 3 aromatic rings. The third kappa shape index (κ3) is 6.04. The molecule has 1 heterocycles.